The number of thioether (sulfide) groups is 2. The summed E-state index contributed by atoms with van der Waals surface area (Å²) in [6.07, 6.45) is 2.20. The fourth-order valence-corrected chi connectivity index (χ4v) is 3.81. The molecule has 9 heavy (non-hydrogen) atoms. The zero-order valence-electron chi connectivity index (χ0n) is 5.89. The van der Waals surface area contributed by atoms with Crippen LogP contribution in [0.15, 0.2) is 0 Å². The molecule has 2 atom stereocenters. The Balaban J connectivity index is 2.32. The maximum atomic E-state index is 3.32. The van der Waals surface area contributed by atoms with Gasteiger partial charge in [0.05, 0.1) is 0 Å². The van der Waals surface area contributed by atoms with E-state index in [0.717, 1.165) is 11.3 Å². The Morgan fingerprint density at radius 3 is 2.78 bits per heavy atom. The molecule has 1 aliphatic heterocycles. The van der Waals surface area contributed by atoms with Crippen LogP contribution >= 0.6 is 23.5 Å². The van der Waals surface area contributed by atoms with E-state index in [1.54, 1.807) is 0 Å². The van der Waals surface area contributed by atoms with Gasteiger partial charge in [-0.3, -0.25) is 0 Å². The highest BCUT2D eigenvalue weighted by Crippen LogP contribution is 2.26. The largest absolute Gasteiger partial charge is 0.315 e. The first kappa shape index (κ1) is 7.76. The molecule has 1 heterocycles. The van der Waals surface area contributed by atoms with Gasteiger partial charge < -0.3 is 5.32 Å². The maximum absolute atomic E-state index is 3.32. The summed E-state index contributed by atoms with van der Waals surface area (Å²) in [5.74, 6) is 2.62. The Kier molecular flexibility index (Phi) is 3.22. The van der Waals surface area contributed by atoms with Gasteiger partial charge in [-0.15, -0.1) is 0 Å². The van der Waals surface area contributed by atoms with Crippen molar-refractivity contribution < 1.29 is 0 Å². The van der Waals surface area contributed by atoms with E-state index in [9.17, 15) is 0 Å². The molecule has 0 bridgehead atoms. The lowest BCUT2D eigenvalue weighted by atomic mass is 10.3. The first-order chi connectivity index (χ1) is 4.38. The van der Waals surface area contributed by atoms with E-state index in [1.165, 1.54) is 11.5 Å². The molecule has 0 aromatic rings. The molecule has 1 nitrogen and oxygen atoms in total. The highest BCUT2D eigenvalue weighted by molar-refractivity contribution is 8.03. The number of nitrogens with one attached hydrogen (secondary N) is 1. The second-order valence-electron chi connectivity index (χ2n) is 2.21. The van der Waals surface area contributed by atoms with E-state index < -0.39 is 0 Å². The molecule has 2 unspecified atom stereocenters. The van der Waals surface area contributed by atoms with Gasteiger partial charge in [-0.1, -0.05) is 0 Å². The summed E-state index contributed by atoms with van der Waals surface area (Å²) in [5, 5.41) is 4.17. The molecule has 1 rings (SSSR count). The highest BCUT2D eigenvalue weighted by Gasteiger charge is 2.24. The van der Waals surface area contributed by atoms with Gasteiger partial charge in [0.25, 0.3) is 0 Å². The summed E-state index contributed by atoms with van der Waals surface area (Å²) >= 11 is 4.04. The van der Waals surface area contributed by atoms with Gasteiger partial charge in [0, 0.05) is 22.8 Å². The molecular weight excluding hydrogens is 150 g/mol. The molecule has 0 amide bonds. The minimum Gasteiger partial charge on any atom is -0.315 e. The Labute approximate surface area is 65.4 Å². The van der Waals surface area contributed by atoms with E-state index >= 15 is 0 Å². The lowest BCUT2D eigenvalue weighted by Crippen LogP contribution is -2.33. The number of hydrogen-bond donors (Lipinski definition) is 1. The number of rotatable bonds is 2. The van der Waals surface area contributed by atoms with Crippen LogP contribution in [0.2, 0.25) is 0 Å². The summed E-state index contributed by atoms with van der Waals surface area (Å²) in [6, 6.07) is 0.755. The molecule has 0 spiro atoms. The average Bonchev–Trinajstić information content (AvgIpc) is 2.33. The first-order valence-electron chi connectivity index (χ1n) is 3.16. The van der Waals surface area contributed by atoms with Crippen molar-refractivity contribution in [3.63, 3.8) is 0 Å². The van der Waals surface area contributed by atoms with Crippen molar-refractivity contribution in [2.45, 2.75) is 11.3 Å². The Bertz CT molecular complexity index is 77.1. The first-order valence-corrected chi connectivity index (χ1v) is 5.60. The Morgan fingerprint density at radius 1 is 1.56 bits per heavy atom. The van der Waals surface area contributed by atoms with E-state index in [4.69, 9.17) is 0 Å². The summed E-state index contributed by atoms with van der Waals surface area (Å²) in [5.41, 5.74) is 0. The van der Waals surface area contributed by atoms with Gasteiger partial charge in [-0.25, -0.2) is 0 Å². The van der Waals surface area contributed by atoms with Crippen LogP contribution in [0.3, 0.4) is 0 Å². The van der Waals surface area contributed by atoms with Crippen LogP contribution in [0.4, 0.5) is 0 Å². The van der Waals surface area contributed by atoms with E-state index in [2.05, 4.69) is 30.4 Å². The van der Waals surface area contributed by atoms with Crippen LogP contribution in [0.5, 0.6) is 0 Å². The molecule has 1 fully saturated rings. The van der Waals surface area contributed by atoms with Crippen LogP contribution in [0.25, 0.3) is 0 Å². The van der Waals surface area contributed by atoms with E-state index in [0.29, 0.717) is 0 Å². The minimum atomic E-state index is 0.755. The molecule has 0 radical (unpaired) electrons. The topological polar surface area (TPSA) is 12.0 Å². The van der Waals surface area contributed by atoms with Crippen LogP contribution in [0, 0.1) is 0 Å². The summed E-state index contributed by atoms with van der Waals surface area (Å²) in [7, 11) is 2.06. The molecular formula is C6H13NS2. The summed E-state index contributed by atoms with van der Waals surface area (Å²) in [4.78, 5) is 0. The number of hydrogen-bond acceptors (Lipinski definition) is 3. The van der Waals surface area contributed by atoms with Crippen molar-refractivity contribution in [1.29, 1.82) is 0 Å². The predicted octanol–water partition coefficient (Wildman–Crippen LogP) is 1.05. The molecule has 1 N–H and O–H groups in total. The standard InChI is InChI=1S/C6H13NS2/c1-7-5-3-9-4-6(5)8-2/h5-7H,3-4H2,1-2H3. The van der Waals surface area contributed by atoms with Gasteiger partial charge in [-0.05, 0) is 13.3 Å². The summed E-state index contributed by atoms with van der Waals surface area (Å²) < 4.78 is 0. The highest BCUT2D eigenvalue weighted by atomic mass is 32.2. The third kappa shape index (κ3) is 1.79. The lowest BCUT2D eigenvalue weighted by molar-refractivity contribution is 0.636. The molecule has 54 valence electrons. The van der Waals surface area contributed by atoms with Crippen molar-refractivity contribution in [2.75, 3.05) is 24.8 Å². The van der Waals surface area contributed by atoms with E-state index in [1.807, 2.05) is 11.8 Å². The fourth-order valence-electron chi connectivity index (χ4n) is 1.04. The van der Waals surface area contributed by atoms with Gasteiger partial charge in [0.15, 0.2) is 0 Å². The van der Waals surface area contributed by atoms with Crippen LogP contribution in [-0.4, -0.2) is 36.1 Å². The normalized spacial score (nSPS) is 35.3. The zero-order chi connectivity index (χ0) is 6.69. The SMILES string of the molecule is CNC1CSCC1SC. The van der Waals surface area contributed by atoms with E-state index in [-0.39, 0.29) is 0 Å². The molecule has 0 saturated carbocycles. The van der Waals surface area contributed by atoms with Crippen LogP contribution in [0.1, 0.15) is 0 Å². The van der Waals surface area contributed by atoms with Crippen molar-refractivity contribution in [2.24, 2.45) is 0 Å². The van der Waals surface area contributed by atoms with Crippen LogP contribution in [-0.2, 0) is 0 Å². The van der Waals surface area contributed by atoms with Crippen molar-refractivity contribution >= 4 is 23.5 Å². The zero-order valence-corrected chi connectivity index (χ0v) is 7.52. The monoisotopic (exact) mass is 163 g/mol. The van der Waals surface area contributed by atoms with Gasteiger partial charge in [0.2, 0.25) is 0 Å². The average molecular weight is 163 g/mol. The molecule has 3 heteroatoms. The van der Waals surface area contributed by atoms with Crippen molar-refractivity contribution in [3.8, 4) is 0 Å². The van der Waals surface area contributed by atoms with Crippen LogP contribution < -0.4 is 5.32 Å². The maximum Gasteiger partial charge on any atom is 0.0296 e. The molecule has 1 saturated heterocycles. The second kappa shape index (κ2) is 3.74. The third-order valence-electron chi connectivity index (χ3n) is 1.70. The quantitative estimate of drug-likeness (QED) is 0.653. The van der Waals surface area contributed by atoms with Gasteiger partial charge >= 0.3 is 0 Å². The Morgan fingerprint density at radius 2 is 2.33 bits per heavy atom. The molecule has 0 aliphatic carbocycles. The van der Waals surface area contributed by atoms with Gasteiger partial charge in [0.1, 0.15) is 0 Å². The third-order valence-corrected chi connectivity index (χ3v) is 4.20. The Hall–Kier alpha value is 0.660. The molecule has 0 aromatic heterocycles. The molecule has 1 aliphatic rings. The smallest absolute Gasteiger partial charge is 0.0296 e. The summed E-state index contributed by atoms with van der Waals surface area (Å²) in [6.45, 7) is 0. The predicted molar refractivity (Wildman–Crippen MR) is 47.5 cm³/mol. The second-order valence-corrected chi connectivity index (χ2v) is 4.36. The van der Waals surface area contributed by atoms with Crippen molar-refractivity contribution in [3.05, 3.63) is 0 Å². The van der Waals surface area contributed by atoms with Crippen molar-refractivity contribution in [1.82, 2.24) is 5.32 Å². The lowest BCUT2D eigenvalue weighted by Gasteiger charge is -2.14. The fraction of sp³-hybridized carbons (Fsp3) is 1.00. The minimum absolute atomic E-state index is 0.755. The van der Waals surface area contributed by atoms with Gasteiger partial charge in [-0.2, -0.15) is 23.5 Å². The molecule has 0 aromatic carbocycles.